The van der Waals surface area contributed by atoms with Crippen LogP contribution in [-0.4, -0.2) is 20.5 Å². The number of hydrogen-bond acceptors (Lipinski definition) is 5. The van der Waals surface area contributed by atoms with E-state index in [4.69, 9.17) is 0 Å². The van der Waals surface area contributed by atoms with Gasteiger partial charge in [-0.3, -0.25) is 5.43 Å². The Bertz CT molecular complexity index is 725. The molecule has 2 aromatic rings. The first-order chi connectivity index (χ1) is 10.8. The van der Waals surface area contributed by atoms with E-state index >= 15 is 0 Å². The van der Waals surface area contributed by atoms with Crippen molar-refractivity contribution in [3.8, 4) is 6.07 Å². The van der Waals surface area contributed by atoms with Gasteiger partial charge in [0.2, 0.25) is 5.71 Å². The lowest BCUT2D eigenvalue weighted by molar-refractivity contribution is 0.628. The van der Waals surface area contributed by atoms with Crippen LogP contribution >= 0.6 is 15.9 Å². The minimum Gasteiger partial charge on any atom is -0.309 e. The molecule has 1 aromatic carbocycles. The Hall–Kier alpha value is -2.20. The summed E-state index contributed by atoms with van der Waals surface area (Å²) in [5.74, 6) is 1.49. The lowest BCUT2D eigenvalue weighted by Gasteiger charge is -2.05. The van der Waals surface area contributed by atoms with Crippen molar-refractivity contribution >= 4 is 27.3 Å². The van der Waals surface area contributed by atoms with Gasteiger partial charge in [0.25, 0.3) is 0 Å². The van der Waals surface area contributed by atoms with Gasteiger partial charge in [-0.05, 0) is 37.1 Å². The molecule has 0 spiro atoms. The number of halogens is 1. The largest absolute Gasteiger partial charge is 0.309 e. The maximum atomic E-state index is 9.38. The number of anilines is 1. The van der Waals surface area contributed by atoms with Crippen LogP contribution in [0.5, 0.6) is 0 Å². The molecule has 0 unspecified atom stereocenters. The number of nitrogens with zero attached hydrogens (tertiary/aromatic N) is 5. The van der Waals surface area contributed by atoms with Gasteiger partial charge in [-0.1, -0.05) is 22.4 Å². The fourth-order valence-electron chi connectivity index (χ4n) is 2.43. The highest BCUT2D eigenvalue weighted by Gasteiger charge is 2.18. The summed E-state index contributed by atoms with van der Waals surface area (Å²) < 4.78 is 3.00. The molecule has 0 aliphatic carbocycles. The van der Waals surface area contributed by atoms with Crippen molar-refractivity contribution in [1.82, 2.24) is 14.8 Å². The van der Waals surface area contributed by atoms with Crippen molar-refractivity contribution in [2.45, 2.75) is 32.2 Å². The molecule has 1 N–H and O–H groups in total. The molecule has 7 heteroatoms. The van der Waals surface area contributed by atoms with Crippen LogP contribution in [0.3, 0.4) is 0 Å². The number of fused-ring (bicyclic) bond motifs is 1. The van der Waals surface area contributed by atoms with Crippen molar-refractivity contribution in [3.05, 3.63) is 40.4 Å². The number of rotatable bonds is 3. The predicted molar refractivity (Wildman–Crippen MR) is 87.5 cm³/mol. The summed E-state index contributed by atoms with van der Waals surface area (Å²) in [6.45, 7) is 0.844. The van der Waals surface area contributed by atoms with Gasteiger partial charge in [0.15, 0.2) is 5.82 Å². The molecule has 0 saturated heterocycles. The van der Waals surface area contributed by atoms with Gasteiger partial charge in [-0.25, -0.2) is 0 Å². The Morgan fingerprint density at radius 3 is 2.82 bits per heavy atom. The topological polar surface area (TPSA) is 78.9 Å². The van der Waals surface area contributed by atoms with Crippen LogP contribution < -0.4 is 5.43 Å². The molecule has 112 valence electrons. The molecular weight excluding hydrogens is 344 g/mol. The van der Waals surface area contributed by atoms with Gasteiger partial charge in [-0.15, -0.1) is 10.2 Å². The highest BCUT2D eigenvalue weighted by atomic mass is 79.9. The summed E-state index contributed by atoms with van der Waals surface area (Å²) in [5, 5.41) is 21.9. The highest BCUT2D eigenvalue weighted by Crippen LogP contribution is 2.16. The molecule has 6 nitrogen and oxygen atoms in total. The molecule has 1 aliphatic rings. The number of aryl methyl sites for hydroxylation is 1. The molecule has 0 radical (unpaired) electrons. The third-order valence-corrected chi connectivity index (χ3v) is 4.10. The number of aromatic nitrogens is 3. The average molecular weight is 359 g/mol. The minimum absolute atomic E-state index is 0.253. The average Bonchev–Trinajstić information content (AvgIpc) is 2.79. The molecule has 0 fully saturated rings. The Labute approximate surface area is 137 Å². The molecule has 1 aromatic heterocycles. The van der Waals surface area contributed by atoms with Crippen LogP contribution in [-0.2, 0) is 13.0 Å². The summed E-state index contributed by atoms with van der Waals surface area (Å²) in [5.41, 5.74) is 3.96. The second-order valence-corrected chi connectivity index (χ2v) is 6.01. The van der Waals surface area contributed by atoms with Crippen molar-refractivity contribution in [2.24, 2.45) is 5.10 Å². The lowest BCUT2D eigenvalue weighted by atomic mass is 10.2. The van der Waals surface area contributed by atoms with Gasteiger partial charge in [0.1, 0.15) is 11.9 Å². The zero-order valence-corrected chi connectivity index (χ0v) is 13.5. The molecule has 3 rings (SSSR count). The molecule has 0 saturated carbocycles. The van der Waals surface area contributed by atoms with E-state index in [-0.39, 0.29) is 5.71 Å². The van der Waals surface area contributed by atoms with E-state index in [0.29, 0.717) is 5.82 Å². The Morgan fingerprint density at radius 2 is 2.05 bits per heavy atom. The first-order valence-corrected chi connectivity index (χ1v) is 7.99. The predicted octanol–water partition coefficient (Wildman–Crippen LogP) is 3.11. The number of nitriles is 1. The van der Waals surface area contributed by atoms with Gasteiger partial charge < -0.3 is 4.57 Å². The number of benzene rings is 1. The van der Waals surface area contributed by atoms with Crippen molar-refractivity contribution in [1.29, 1.82) is 5.26 Å². The zero-order valence-electron chi connectivity index (χ0n) is 12.0. The van der Waals surface area contributed by atoms with Crippen molar-refractivity contribution in [3.63, 3.8) is 0 Å². The third kappa shape index (κ3) is 3.17. The second-order valence-electron chi connectivity index (χ2n) is 5.09. The number of hydrazone groups is 1. The molecule has 0 bridgehead atoms. The lowest BCUT2D eigenvalue weighted by Crippen LogP contribution is -2.12. The summed E-state index contributed by atoms with van der Waals surface area (Å²) in [4.78, 5) is 0. The molecule has 0 atom stereocenters. The van der Waals surface area contributed by atoms with Crippen molar-refractivity contribution < 1.29 is 0 Å². The highest BCUT2D eigenvalue weighted by molar-refractivity contribution is 9.10. The number of nitrogens with one attached hydrogen (secondary N) is 1. The molecule has 22 heavy (non-hydrogen) atoms. The fraction of sp³-hybridized carbons (Fsp3) is 0.333. The standard InChI is InChI=1S/C15H15BrN6/c16-11-5-7-12(8-6-11)18-19-13(10-17)15-21-20-14-4-2-1-3-9-22(14)15/h5-8,18H,1-4,9H2/b19-13-. The fourth-order valence-corrected chi connectivity index (χ4v) is 2.69. The summed E-state index contributed by atoms with van der Waals surface area (Å²) in [6.07, 6.45) is 4.29. The van der Waals surface area contributed by atoms with Crippen LogP contribution in [0.15, 0.2) is 33.8 Å². The molecular formula is C15H15BrN6. The maximum absolute atomic E-state index is 9.38. The normalized spacial score (nSPS) is 14.8. The first kappa shape index (κ1) is 14.7. The molecule has 2 heterocycles. The van der Waals surface area contributed by atoms with Crippen LogP contribution in [0, 0.1) is 11.3 Å². The summed E-state index contributed by atoms with van der Waals surface area (Å²) >= 11 is 3.38. The van der Waals surface area contributed by atoms with Crippen LogP contribution in [0.2, 0.25) is 0 Å². The van der Waals surface area contributed by atoms with Crippen LogP contribution in [0.4, 0.5) is 5.69 Å². The minimum atomic E-state index is 0.253. The van der Waals surface area contributed by atoms with Crippen LogP contribution in [0.25, 0.3) is 0 Å². The Kier molecular flexibility index (Phi) is 4.49. The SMILES string of the molecule is N#C/C(=N/Nc1ccc(Br)cc1)c1nnc2n1CCCCC2. The van der Waals surface area contributed by atoms with E-state index in [0.717, 1.165) is 41.8 Å². The monoisotopic (exact) mass is 358 g/mol. The number of hydrogen-bond donors (Lipinski definition) is 1. The van der Waals surface area contributed by atoms with E-state index < -0.39 is 0 Å². The Morgan fingerprint density at radius 1 is 1.23 bits per heavy atom. The smallest absolute Gasteiger partial charge is 0.205 e. The second kappa shape index (κ2) is 6.71. The zero-order chi connectivity index (χ0) is 15.4. The summed E-state index contributed by atoms with van der Waals surface area (Å²) in [6, 6.07) is 9.69. The van der Waals surface area contributed by atoms with Gasteiger partial charge in [0, 0.05) is 17.4 Å². The molecule has 0 amide bonds. The van der Waals surface area contributed by atoms with E-state index in [1.165, 1.54) is 6.42 Å². The van der Waals surface area contributed by atoms with Gasteiger partial charge in [-0.2, -0.15) is 10.4 Å². The van der Waals surface area contributed by atoms with Crippen LogP contribution in [0.1, 0.15) is 30.9 Å². The van der Waals surface area contributed by atoms with Crippen molar-refractivity contribution in [2.75, 3.05) is 5.43 Å². The van der Waals surface area contributed by atoms with E-state index in [1.807, 2.05) is 28.8 Å². The van der Waals surface area contributed by atoms with E-state index in [2.05, 4.69) is 42.7 Å². The molecule has 1 aliphatic heterocycles. The first-order valence-electron chi connectivity index (χ1n) is 7.20. The van der Waals surface area contributed by atoms with E-state index in [1.54, 1.807) is 0 Å². The van der Waals surface area contributed by atoms with Gasteiger partial charge in [0.05, 0.1) is 5.69 Å². The van der Waals surface area contributed by atoms with Gasteiger partial charge >= 0.3 is 0 Å². The maximum Gasteiger partial charge on any atom is 0.205 e. The summed E-state index contributed by atoms with van der Waals surface area (Å²) in [7, 11) is 0. The quantitative estimate of drug-likeness (QED) is 0.675. The van der Waals surface area contributed by atoms with E-state index in [9.17, 15) is 5.26 Å². The third-order valence-electron chi connectivity index (χ3n) is 3.57. The Balaban J connectivity index is 1.85.